The van der Waals surface area contributed by atoms with Gasteiger partial charge in [0.15, 0.2) is 0 Å². The fraction of sp³-hybridized carbons (Fsp3) is 0.625. The molecule has 0 atom stereocenters. The van der Waals surface area contributed by atoms with Crippen molar-refractivity contribution in [2.24, 2.45) is 23.7 Å². The van der Waals surface area contributed by atoms with E-state index in [9.17, 15) is 20.4 Å². The molecular formula is C32H50N2O4. The highest BCUT2D eigenvalue weighted by molar-refractivity contribution is 5.58. The molecule has 1 fully saturated rings. The van der Waals surface area contributed by atoms with Gasteiger partial charge >= 0.3 is 0 Å². The summed E-state index contributed by atoms with van der Waals surface area (Å²) in [5.41, 5.74) is 2.95. The second-order valence-electron chi connectivity index (χ2n) is 12.9. The zero-order chi connectivity index (χ0) is 28.3. The van der Waals surface area contributed by atoms with Gasteiger partial charge < -0.3 is 30.2 Å². The molecule has 3 rings (SSSR count). The van der Waals surface area contributed by atoms with Gasteiger partial charge in [-0.15, -0.1) is 0 Å². The summed E-state index contributed by atoms with van der Waals surface area (Å²) in [6.07, 6.45) is -1.83. The van der Waals surface area contributed by atoms with Crippen molar-refractivity contribution < 1.29 is 20.4 Å². The summed E-state index contributed by atoms with van der Waals surface area (Å²) >= 11 is 0. The Kier molecular flexibility index (Phi) is 9.99. The Labute approximate surface area is 229 Å². The maximum absolute atomic E-state index is 11.1. The number of hydrogen-bond donors (Lipinski definition) is 4. The molecule has 6 nitrogen and oxygen atoms in total. The minimum Gasteiger partial charge on any atom is -0.508 e. The number of aliphatic hydroxyl groups is 2. The number of phenolic OH excluding ortho intramolecular Hbond substituents is 2. The zero-order valence-corrected chi connectivity index (χ0v) is 24.6. The Morgan fingerprint density at radius 1 is 0.553 bits per heavy atom. The van der Waals surface area contributed by atoms with Gasteiger partial charge in [0.05, 0.1) is 12.2 Å². The summed E-state index contributed by atoms with van der Waals surface area (Å²) in [5.74, 6) is 0.854. The fourth-order valence-electron chi connectivity index (χ4n) is 5.80. The quantitative estimate of drug-likeness (QED) is 0.274. The molecule has 0 bridgehead atoms. The van der Waals surface area contributed by atoms with Crippen molar-refractivity contribution >= 4 is 11.4 Å². The van der Waals surface area contributed by atoms with Crippen LogP contribution in [-0.2, 0) is 0 Å². The van der Waals surface area contributed by atoms with Crippen molar-refractivity contribution in [2.75, 3.05) is 36.0 Å². The van der Waals surface area contributed by atoms with Crippen LogP contribution >= 0.6 is 0 Å². The van der Waals surface area contributed by atoms with Crippen molar-refractivity contribution in [1.29, 1.82) is 0 Å². The molecule has 1 aliphatic rings. The summed E-state index contributed by atoms with van der Waals surface area (Å²) in [4.78, 5) is 4.55. The van der Waals surface area contributed by atoms with E-state index in [0.29, 0.717) is 34.8 Å². The van der Waals surface area contributed by atoms with Crippen LogP contribution in [0.15, 0.2) is 36.4 Å². The highest BCUT2D eigenvalue weighted by Gasteiger charge is 2.52. The third kappa shape index (κ3) is 6.95. The van der Waals surface area contributed by atoms with E-state index in [-0.39, 0.29) is 11.5 Å². The number of rotatable bonds is 12. The Bertz CT molecular complexity index is 940. The minimum absolute atomic E-state index is 0.0825. The van der Waals surface area contributed by atoms with Crippen LogP contribution in [0.25, 0.3) is 0 Å². The fourth-order valence-corrected chi connectivity index (χ4v) is 5.80. The Balaban J connectivity index is 1.80. The predicted molar refractivity (Wildman–Crippen MR) is 157 cm³/mol. The van der Waals surface area contributed by atoms with E-state index >= 15 is 0 Å². The van der Waals surface area contributed by atoms with Gasteiger partial charge in [0, 0.05) is 72.6 Å². The lowest BCUT2D eigenvalue weighted by molar-refractivity contribution is -0.0797. The molecule has 0 spiro atoms. The number of anilines is 2. The first-order valence-corrected chi connectivity index (χ1v) is 14.3. The van der Waals surface area contributed by atoms with E-state index in [1.54, 1.807) is 12.1 Å². The van der Waals surface area contributed by atoms with Gasteiger partial charge in [-0.05, 0) is 35.8 Å². The molecule has 2 aromatic rings. The molecule has 0 radical (unpaired) electrons. The monoisotopic (exact) mass is 526 g/mol. The van der Waals surface area contributed by atoms with Crippen molar-refractivity contribution in [3.63, 3.8) is 0 Å². The van der Waals surface area contributed by atoms with Crippen molar-refractivity contribution in [3.8, 4) is 11.5 Å². The minimum atomic E-state index is -0.914. The Morgan fingerprint density at radius 3 is 1.08 bits per heavy atom. The van der Waals surface area contributed by atoms with Crippen molar-refractivity contribution in [2.45, 2.75) is 79.4 Å². The molecule has 1 saturated carbocycles. The molecule has 0 amide bonds. The van der Waals surface area contributed by atoms with Crippen molar-refractivity contribution in [1.82, 2.24) is 0 Å². The van der Waals surface area contributed by atoms with E-state index < -0.39 is 24.0 Å². The van der Waals surface area contributed by atoms with Crippen LogP contribution in [0.2, 0.25) is 0 Å². The predicted octanol–water partition coefficient (Wildman–Crippen LogP) is 5.94. The molecule has 38 heavy (non-hydrogen) atoms. The van der Waals surface area contributed by atoms with Gasteiger partial charge in [-0.2, -0.15) is 0 Å². The van der Waals surface area contributed by atoms with Crippen LogP contribution < -0.4 is 9.80 Å². The van der Waals surface area contributed by atoms with E-state index in [1.165, 1.54) is 0 Å². The third-order valence-electron chi connectivity index (χ3n) is 7.29. The van der Waals surface area contributed by atoms with E-state index in [4.69, 9.17) is 0 Å². The summed E-state index contributed by atoms with van der Waals surface area (Å²) in [5, 5.41) is 44.1. The summed E-state index contributed by atoms with van der Waals surface area (Å²) in [6, 6.07) is 11.1. The van der Waals surface area contributed by atoms with Crippen LogP contribution in [-0.4, -0.2) is 58.8 Å². The lowest BCUT2D eigenvalue weighted by Crippen LogP contribution is -2.51. The molecule has 212 valence electrons. The largest absolute Gasteiger partial charge is 0.508 e. The van der Waals surface area contributed by atoms with E-state index in [0.717, 1.165) is 37.6 Å². The first-order valence-electron chi connectivity index (χ1n) is 14.3. The average Bonchev–Trinajstić information content (AvgIpc) is 2.79. The number of aliphatic hydroxyl groups excluding tert-OH is 2. The highest BCUT2D eigenvalue weighted by Crippen LogP contribution is 2.52. The first-order chi connectivity index (χ1) is 17.8. The molecule has 6 heteroatoms. The van der Waals surface area contributed by atoms with Crippen LogP contribution in [0, 0.1) is 23.7 Å². The number of aromatic hydroxyl groups is 2. The van der Waals surface area contributed by atoms with E-state index in [2.05, 4.69) is 65.2 Å². The Morgan fingerprint density at radius 2 is 0.842 bits per heavy atom. The molecule has 0 aromatic heterocycles. The molecule has 0 aliphatic heterocycles. The van der Waals surface area contributed by atoms with Crippen LogP contribution in [0.5, 0.6) is 11.5 Å². The summed E-state index contributed by atoms with van der Waals surface area (Å²) < 4.78 is 0. The van der Waals surface area contributed by atoms with Crippen LogP contribution in [0.4, 0.5) is 11.4 Å². The number of hydrogen-bond acceptors (Lipinski definition) is 6. The number of benzene rings is 2. The topological polar surface area (TPSA) is 87.4 Å². The number of phenols is 2. The lowest BCUT2D eigenvalue weighted by Gasteiger charge is -2.47. The maximum atomic E-state index is 11.1. The smallest absolute Gasteiger partial charge is 0.121 e. The van der Waals surface area contributed by atoms with Crippen molar-refractivity contribution in [3.05, 3.63) is 47.5 Å². The highest BCUT2D eigenvalue weighted by atomic mass is 16.3. The molecule has 0 unspecified atom stereocenters. The molecule has 2 aromatic carbocycles. The summed E-state index contributed by atoms with van der Waals surface area (Å²) in [6.45, 7) is 21.0. The van der Waals surface area contributed by atoms with E-state index in [1.807, 2.05) is 24.3 Å². The van der Waals surface area contributed by atoms with Gasteiger partial charge in [-0.25, -0.2) is 0 Å². The third-order valence-corrected chi connectivity index (χ3v) is 7.29. The SMILES string of the molecule is CC(C)CN(CC(C)C)c1ccc(C2C(O)C(c3ccc(N(CC(C)C)CC(C)C)cc3O)C2O)c(O)c1. The molecule has 1 aliphatic carbocycles. The molecule has 0 saturated heterocycles. The molecule has 4 N–H and O–H groups in total. The first kappa shape index (κ1) is 30.1. The average molecular weight is 527 g/mol. The van der Waals surface area contributed by atoms with Gasteiger partial charge in [0.25, 0.3) is 0 Å². The summed E-state index contributed by atoms with van der Waals surface area (Å²) in [7, 11) is 0. The standard InChI is InChI=1S/C32H50N2O4/c1-19(2)15-33(16-20(3)4)23-9-11-25(27(35)13-23)29-31(37)30(32(29)38)26-12-10-24(14-28(26)36)34(17-21(5)6)18-22(7)8/h9-14,19-22,29-32,35-38H,15-18H2,1-8H3. The number of nitrogens with zero attached hydrogens (tertiary/aromatic N) is 2. The van der Waals surface area contributed by atoms with Crippen LogP contribution in [0.1, 0.15) is 78.4 Å². The van der Waals surface area contributed by atoms with Gasteiger partial charge in [-0.1, -0.05) is 67.5 Å². The second-order valence-corrected chi connectivity index (χ2v) is 12.9. The lowest BCUT2D eigenvalue weighted by atomic mass is 9.63. The zero-order valence-electron chi connectivity index (χ0n) is 24.6. The molecule has 0 heterocycles. The van der Waals surface area contributed by atoms with Crippen LogP contribution in [0.3, 0.4) is 0 Å². The molecular weight excluding hydrogens is 476 g/mol. The van der Waals surface area contributed by atoms with Gasteiger partial charge in [0.2, 0.25) is 0 Å². The maximum Gasteiger partial charge on any atom is 0.121 e. The van der Waals surface area contributed by atoms with Gasteiger partial charge in [0.1, 0.15) is 11.5 Å². The second kappa shape index (κ2) is 12.6. The normalized spacial score (nSPS) is 21.4. The Hall–Kier alpha value is -2.44. The van der Waals surface area contributed by atoms with Gasteiger partial charge in [-0.3, -0.25) is 0 Å².